The van der Waals surface area contributed by atoms with Crippen LogP contribution >= 0.6 is 0 Å². The molecule has 0 saturated carbocycles. The SMILES string of the molecule is Cc1ccc2c(c1)C(CC(C)C)CC(=O)N2. The summed E-state index contributed by atoms with van der Waals surface area (Å²) in [6.45, 7) is 6.52. The Morgan fingerprint density at radius 2 is 2.19 bits per heavy atom. The first-order chi connectivity index (χ1) is 7.56. The molecule has 2 rings (SSSR count). The molecule has 1 heterocycles. The summed E-state index contributed by atoms with van der Waals surface area (Å²) >= 11 is 0. The Morgan fingerprint density at radius 3 is 2.88 bits per heavy atom. The number of anilines is 1. The number of rotatable bonds is 2. The van der Waals surface area contributed by atoms with Gasteiger partial charge in [-0.1, -0.05) is 31.5 Å². The van der Waals surface area contributed by atoms with Gasteiger partial charge >= 0.3 is 0 Å². The lowest BCUT2D eigenvalue weighted by Crippen LogP contribution is -2.23. The molecule has 0 radical (unpaired) electrons. The second-order valence-corrected chi connectivity index (χ2v) is 5.17. The summed E-state index contributed by atoms with van der Waals surface area (Å²) in [4.78, 5) is 11.6. The molecule has 86 valence electrons. The highest BCUT2D eigenvalue weighted by Gasteiger charge is 2.25. The number of hydrogen-bond acceptors (Lipinski definition) is 1. The van der Waals surface area contributed by atoms with Gasteiger partial charge in [-0.15, -0.1) is 0 Å². The molecule has 0 fully saturated rings. The summed E-state index contributed by atoms with van der Waals surface area (Å²) in [7, 11) is 0. The van der Waals surface area contributed by atoms with E-state index in [1.54, 1.807) is 0 Å². The number of benzene rings is 1. The molecule has 0 bridgehead atoms. The Kier molecular flexibility index (Phi) is 2.99. The smallest absolute Gasteiger partial charge is 0.224 e. The van der Waals surface area contributed by atoms with Crippen LogP contribution in [0.1, 0.15) is 43.7 Å². The number of hydrogen-bond donors (Lipinski definition) is 1. The van der Waals surface area contributed by atoms with Gasteiger partial charge < -0.3 is 5.32 Å². The second-order valence-electron chi connectivity index (χ2n) is 5.17. The molecule has 0 aromatic heterocycles. The zero-order valence-electron chi connectivity index (χ0n) is 10.2. The highest BCUT2D eigenvalue weighted by Crippen LogP contribution is 2.36. The number of amides is 1. The Bertz CT molecular complexity index is 409. The lowest BCUT2D eigenvalue weighted by Gasteiger charge is -2.27. The van der Waals surface area contributed by atoms with Gasteiger partial charge in [0.25, 0.3) is 0 Å². The highest BCUT2D eigenvalue weighted by atomic mass is 16.1. The van der Waals surface area contributed by atoms with E-state index >= 15 is 0 Å². The van der Waals surface area contributed by atoms with Crippen LogP contribution in [0.2, 0.25) is 0 Å². The topological polar surface area (TPSA) is 29.1 Å². The second kappa shape index (κ2) is 4.28. The van der Waals surface area contributed by atoms with Crippen molar-refractivity contribution in [2.24, 2.45) is 5.92 Å². The first-order valence-corrected chi connectivity index (χ1v) is 5.96. The fourth-order valence-electron chi connectivity index (χ4n) is 2.45. The van der Waals surface area contributed by atoms with Gasteiger partial charge in [-0.2, -0.15) is 0 Å². The van der Waals surface area contributed by atoms with Gasteiger partial charge in [-0.05, 0) is 36.8 Å². The molecule has 2 heteroatoms. The Labute approximate surface area is 97.1 Å². The molecule has 0 aliphatic carbocycles. The minimum Gasteiger partial charge on any atom is -0.326 e. The maximum absolute atomic E-state index is 11.6. The first kappa shape index (κ1) is 11.2. The van der Waals surface area contributed by atoms with Crippen LogP contribution in [0.5, 0.6) is 0 Å². The van der Waals surface area contributed by atoms with E-state index < -0.39 is 0 Å². The molecular formula is C14H19NO. The van der Waals surface area contributed by atoms with Crippen molar-refractivity contribution in [3.05, 3.63) is 29.3 Å². The third-order valence-corrected chi connectivity index (χ3v) is 3.11. The largest absolute Gasteiger partial charge is 0.326 e. The molecule has 1 aliphatic heterocycles. The van der Waals surface area contributed by atoms with Gasteiger partial charge in [-0.25, -0.2) is 0 Å². The number of carbonyl (C=O) groups is 1. The third-order valence-electron chi connectivity index (χ3n) is 3.11. The fraction of sp³-hybridized carbons (Fsp3) is 0.500. The van der Waals surface area contributed by atoms with Crippen LogP contribution in [0.25, 0.3) is 0 Å². The van der Waals surface area contributed by atoms with Crippen molar-refractivity contribution in [1.29, 1.82) is 0 Å². The molecule has 0 saturated heterocycles. The summed E-state index contributed by atoms with van der Waals surface area (Å²) in [5, 5.41) is 2.95. The van der Waals surface area contributed by atoms with Gasteiger partial charge in [0.2, 0.25) is 5.91 Å². The van der Waals surface area contributed by atoms with E-state index in [9.17, 15) is 4.79 Å². The quantitative estimate of drug-likeness (QED) is 0.807. The molecule has 0 spiro atoms. The molecule has 1 N–H and O–H groups in total. The van der Waals surface area contributed by atoms with E-state index in [2.05, 4.69) is 38.2 Å². The van der Waals surface area contributed by atoms with Crippen molar-refractivity contribution in [2.75, 3.05) is 5.32 Å². The Morgan fingerprint density at radius 1 is 1.44 bits per heavy atom. The van der Waals surface area contributed by atoms with Gasteiger partial charge in [0, 0.05) is 12.1 Å². The van der Waals surface area contributed by atoms with Crippen molar-refractivity contribution in [3.63, 3.8) is 0 Å². The Balaban J connectivity index is 2.35. The number of nitrogens with one attached hydrogen (secondary N) is 1. The zero-order chi connectivity index (χ0) is 11.7. The minimum atomic E-state index is 0.155. The van der Waals surface area contributed by atoms with Crippen LogP contribution in [0.15, 0.2) is 18.2 Å². The molecular weight excluding hydrogens is 198 g/mol. The molecule has 2 nitrogen and oxygen atoms in total. The molecule has 1 aliphatic rings. The van der Waals surface area contributed by atoms with Crippen LogP contribution in [-0.4, -0.2) is 5.91 Å². The maximum atomic E-state index is 11.6. The van der Waals surface area contributed by atoms with Crippen molar-refractivity contribution in [2.45, 2.75) is 39.5 Å². The van der Waals surface area contributed by atoms with Gasteiger partial charge in [0.15, 0.2) is 0 Å². The normalized spacial score (nSPS) is 19.5. The van der Waals surface area contributed by atoms with Gasteiger partial charge in [0.1, 0.15) is 0 Å². The van der Waals surface area contributed by atoms with E-state index in [1.807, 2.05) is 6.07 Å². The van der Waals surface area contributed by atoms with E-state index in [0.29, 0.717) is 18.3 Å². The van der Waals surface area contributed by atoms with E-state index in [0.717, 1.165) is 12.1 Å². The van der Waals surface area contributed by atoms with Crippen molar-refractivity contribution in [3.8, 4) is 0 Å². The molecule has 16 heavy (non-hydrogen) atoms. The monoisotopic (exact) mass is 217 g/mol. The summed E-state index contributed by atoms with van der Waals surface area (Å²) in [5.41, 5.74) is 3.59. The van der Waals surface area contributed by atoms with Crippen molar-refractivity contribution >= 4 is 11.6 Å². The summed E-state index contributed by atoms with van der Waals surface area (Å²) in [6.07, 6.45) is 1.72. The lowest BCUT2D eigenvalue weighted by atomic mass is 9.84. The van der Waals surface area contributed by atoms with E-state index in [1.165, 1.54) is 11.1 Å². The summed E-state index contributed by atoms with van der Waals surface area (Å²) in [6, 6.07) is 6.29. The van der Waals surface area contributed by atoms with Gasteiger partial charge in [0.05, 0.1) is 0 Å². The minimum absolute atomic E-state index is 0.155. The number of aryl methyl sites for hydroxylation is 1. The predicted octanol–water partition coefficient (Wildman–Crippen LogP) is 3.47. The molecule has 1 aromatic rings. The maximum Gasteiger partial charge on any atom is 0.224 e. The van der Waals surface area contributed by atoms with Crippen LogP contribution in [0, 0.1) is 12.8 Å². The Hall–Kier alpha value is -1.31. The molecule has 1 atom stereocenters. The van der Waals surface area contributed by atoms with Crippen LogP contribution in [-0.2, 0) is 4.79 Å². The summed E-state index contributed by atoms with van der Waals surface area (Å²) in [5.74, 6) is 1.18. The van der Waals surface area contributed by atoms with Crippen molar-refractivity contribution in [1.82, 2.24) is 0 Å². The molecule has 1 unspecified atom stereocenters. The summed E-state index contributed by atoms with van der Waals surface area (Å²) < 4.78 is 0. The predicted molar refractivity (Wildman–Crippen MR) is 66.6 cm³/mol. The van der Waals surface area contributed by atoms with E-state index in [-0.39, 0.29) is 5.91 Å². The van der Waals surface area contributed by atoms with Crippen molar-refractivity contribution < 1.29 is 4.79 Å². The van der Waals surface area contributed by atoms with Crippen LogP contribution in [0.4, 0.5) is 5.69 Å². The van der Waals surface area contributed by atoms with Crippen LogP contribution < -0.4 is 5.32 Å². The molecule has 1 amide bonds. The fourth-order valence-corrected chi connectivity index (χ4v) is 2.45. The average molecular weight is 217 g/mol. The standard InChI is InChI=1S/C14H19NO/c1-9(2)6-11-8-14(16)15-13-5-4-10(3)7-12(11)13/h4-5,7,9,11H,6,8H2,1-3H3,(H,15,16). The third kappa shape index (κ3) is 2.26. The number of carbonyl (C=O) groups excluding carboxylic acids is 1. The molecule has 1 aromatic carbocycles. The zero-order valence-corrected chi connectivity index (χ0v) is 10.2. The number of fused-ring (bicyclic) bond motifs is 1. The van der Waals surface area contributed by atoms with Crippen LogP contribution in [0.3, 0.4) is 0 Å². The lowest BCUT2D eigenvalue weighted by molar-refractivity contribution is -0.116. The average Bonchev–Trinajstić information content (AvgIpc) is 2.18. The van der Waals surface area contributed by atoms with E-state index in [4.69, 9.17) is 0 Å². The van der Waals surface area contributed by atoms with Gasteiger partial charge in [-0.3, -0.25) is 4.79 Å². The highest BCUT2D eigenvalue weighted by molar-refractivity contribution is 5.94. The first-order valence-electron chi connectivity index (χ1n) is 5.96.